The number of ether oxygens (including phenoxy) is 1. The Kier molecular flexibility index (Phi) is 5.72. The van der Waals surface area contributed by atoms with Crippen LogP contribution in [0, 0.1) is 17.6 Å². The van der Waals surface area contributed by atoms with Crippen LogP contribution in [0.1, 0.15) is 15.9 Å². The van der Waals surface area contributed by atoms with Crippen LogP contribution in [0.4, 0.5) is 5.69 Å². The molecule has 0 aliphatic carbocycles. The molecule has 0 saturated heterocycles. The highest BCUT2D eigenvalue weighted by Crippen LogP contribution is 2.23. The second kappa shape index (κ2) is 7.96. The van der Waals surface area contributed by atoms with Crippen LogP contribution >= 0.6 is 11.8 Å². The number of carbonyl (C=O) groups excluding carboxylic acids is 2. The summed E-state index contributed by atoms with van der Waals surface area (Å²) in [7, 11) is 0. The van der Waals surface area contributed by atoms with Gasteiger partial charge in [0.2, 0.25) is 0 Å². The highest BCUT2D eigenvalue weighted by Gasteiger charge is 2.11. The molecular formula is C16H13N3O3S. The van der Waals surface area contributed by atoms with Crippen molar-refractivity contribution in [2.75, 3.05) is 11.9 Å². The van der Waals surface area contributed by atoms with Gasteiger partial charge in [0.1, 0.15) is 5.40 Å². The lowest BCUT2D eigenvalue weighted by Gasteiger charge is -2.09. The fraction of sp³-hybridized carbons (Fsp3) is 0.125. The van der Waals surface area contributed by atoms with Gasteiger partial charge in [-0.1, -0.05) is 0 Å². The van der Waals surface area contributed by atoms with E-state index in [1.54, 1.807) is 18.2 Å². The number of hydrogen-bond acceptors (Lipinski definition) is 6. The first-order valence-corrected chi connectivity index (χ1v) is 7.45. The Labute approximate surface area is 137 Å². The monoisotopic (exact) mass is 327 g/mol. The molecule has 1 amide bonds. The number of nitriles is 1. The summed E-state index contributed by atoms with van der Waals surface area (Å²) in [5.41, 5.74) is 1.76. The van der Waals surface area contributed by atoms with Gasteiger partial charge in [0.25, 0.3) is 5.91 Å². The van der Waals surface area contributed by atoms with Gasteiger partial charge in [-0.05, 0) is 54.6 Å². The molecule has 23 heavy (non-hydrogen) atoms. The van der Waals surface area contributed by atoms with E-state index in [2.05, 4.69) is 10.3 Å². The molecule has 1 heterocycles. The molecule has 0 radical (unpaired) electrons. The van der Waals surface area contributed by atoms with E-state index in [-0.39, 0.29) is 6.61 Å². The van der Waals surface area contributed by atoms with Crippen LogP contribution in [0.5, 0.6) is 0 Å². The fourth-order valence-electron chi connectivity index (χ4n) is 1.78. The molecule has 0 aliphatic heterocycles. The molecule has 6 nitrogen and oxygen atoms in total. The molecule has 1 N–H and O–H groups in total. The highest BCUT2D eigenvalue weighted by atomic mass is 32.2. The van der Waals surface area contributed by atoms with Crippen LogP contribution in [0.3, 0.4) is 0 Å². The van der Waals surface area contributed by atoms with Crippen molar-refractivity contribution < 1.29 is 14.3 Å². The molecule has 0 spiro atoms. The van der Waals surface area contributed by atoms with Crippen molar-refractivity contribution in [1.29, 1.82) is 5.26 Å². The second-order valence-corrected chi connectivity index (χ2v) is 5.39. The minimum Gasteiger partial charge on any atom is -0.452 e. The summed E-state index contributed by atoms with van der Waals surface area (Å²) in [5.74, 6) is -1.02. The van der Waals surface area contributed by atoms with Gasteiger partial charge >= 0.3 is 5.97 Å². The lowest BCUT2D eigenvalue weighted by molar-refractivity contribution is -0.119. The van der Waals surface area contributed by atoms with Crippen LogP contribution in [-0.4, -0.2) is 23.5 Å². The molecule has 1 aromatic heterocycles. The first kappa shape index (κ1) is 16.5. The Morgan fingerprint density at radius 1 is 1.30 bits per heavy atom. The first-order valence-electron chi connectivity index (χ1n) is 6.63. The Balaban J connectivity index is 1.90. The number of nitrogens with one attached hydrogen (secondary N) is 1. The topological polar surface area (TPSA) is 92.1 Å². The van der Waals surface area contributed by atoms with Crippen molar-refractivity contribution in [2.45, 2.75) is 11.8 Å². The van der Waals surface area contributed by atoms with E-state index < -0.39 is 11.9 Å². The number of carbonyl (C=O) groups is 2. The number of esters is 1. The summed E-state index contributed by atoms with van der Waals surface area (Å²) in [4.78, 5) is 28.2. The molecule has 2 aromatic rings. The minimum atomic E-state index is -0.583. The maximum Gasteiger partial charge on any atom is 0.338 e. The summed E-state index contributed by atoms with van der Waals surface area (Å²) in [6.07, 6.45) is 2.95. The van der Waals surface area contributed by atoms with Gasteiger partial charge in [0.05, 0.1) is 5.56 Å². The molecule has 0 atom stereocenters. The summed E-state index contributed by atoms with van der Waals surface area (Å²) < 4.78 is 4.94. The van der Waals surface area contributed by atoms with Crippen LogP contribution in [0.25, 0.3) is 0 Å². The van der Waals surface area contributed by atoms with Crippen LogP contribution in [0.15, 0.2) is 47.6 Å². The van der Waals surface area contributed by atoms with Crippen molar-refractivity contribution >= 4 is 29.3 Å². The number of pyridine rings is 1. The molecule has 0 unspecified atom stereocenters. The van der Waals surface area contributed by atoms with Crippen molar-refractivity contribution in [3.05, 3.63) is 53.9 Å². The number of amides is 1. The van der Waals surface area contributed by atoms with Gasteiger partial charge in [-0.25, -0.2) is 4.79 Å². The number of thiocyanates is 1. The number of nitrogens with zero attached hydrogens (tertiary/aromatic N) is 2. The van der Waals surface area contributed by atoms with E-state index in [0.29, 0.717) is 11.3 Å². The van der Waals surface area contributed by atoms with Crippen molar-refractivity contribution in [2.24, 2.45) is 0 Å². The molecule has 2 rings (SSSR count). The predicted molar refractivity (Wildman–Crippen MR) is 85.8 cm³/mol. The number of hydrogen-bond donors (Lipinski definition) is 1. The maximum absolute atomic E-state index is 11.9. The zero-order valence-corrected chi connectivity index (χ0v) is 13.1. The average molecular weight is 327 g/mol. The van der Waals surface area contributed by atoms with Crippen LogP contribution in [0.2, 0.25) is 0 Å². The van der Waals surface area contributed by atoms with E-state index in [1.807, 2.05) is 12.3 Å². The van der Waals surface area contributed by atoms with E-state index in [4.69, 9.17) is 10.00 Å². The predicted octanol–water partition coefficient (Wildman–Crippen LogP) is 2.76. The Morgan fingerprint density at radius 3 is 2.70 bits per heavy atom. The molecule has 0 bridgehead atoms. The van der Waals surface area contributed by atoms with Crippen LogP contribution < -0.4 is 5.32 Å². The van der Waals surface area contributed by atoms with E-state index in [1.165, 1.54) is 24.5 Å². The van der Waals surface area contributed by atoms with Gasteiger partial charge in [-0.15, -0.1) is 0 Å². The molecule has 0 fully saturated rings. The summed E-state index contributed by atoms with van der Waals surface area (Å²) in [6, 6.07) is 8.26. The smallest absolute Gasteiger partial charge is 0.338 e. The highest BCUT2D eigenvalue weighted by molar-refractivity contribution is 8.03. The van der Waals surface area contributed by atoms with E-state index >= 15 is 0 Å². The number of thioether (sulfide) groups is 1. The standard InChI is InChI=1S/C16H13N3O3S/c1-11-8-13(23-10-17)2-3-14(11)19-15(20)9-22-16(21)12-4-6-18-7-5-12/h2-8H,9H2,1H3,(H,19,20). The molecule has 7 heteroatoms. The molecule has 0 aliphatic rings. The van der Waals surface area contributed by atoms with Crippen LogP contribution in [-0.2, 0) is 9.53 Å². The van der Waals surface area contributed by atoms with Crippen molar-refractivity contribution in [1.82, 2.24) is 4.98 Å². The number of aryl methyl sites for hydroxylation is 1. The third-order valence-corrected chi connectivity index (χ3v) is 3.47. The van der Waals surface area contributed by atoms with Crippen molar-refractivity contribution in [3.63, 3.8) is 0 Å². The number of aromatic nitrogens is 1. The van der Waals surface area contributed by atoms with E-state index in [9.17, 15) is 9.59 Å². The fourth-order valence-corrected chi connectivity index (χ4v) is 2.26. The Hall–Kier alpha value is -2.85. The lowest BCUT2D eigenvalue weighted by atomic mass is 10.2. The SMILES string of the molecule is Cc1cc(SC#N)ccc1NC(=O)COC(=O)c1ccncc1. The summed E-state index contributed by atoms with van der Waals surface area (Å²) in [6.45, 7) is 1.44. The zero-order valence-electron chi connectivity index (χ0n) is 12.3. The Bertz CT molecular complexity index is 757. The lowest BCUT2D eigenvalue weighted by Crippen LogP contribution is -2.21. The largest absolute Gasteiger partial charge is 0.452 e. The molecular weight excluding hydrogens is 314 g/mol. The maximum atomic E-state index is 11.9. The third kappa shape index (κ3) is 4.83. The number of rotatable bonds is 5. The number of benzene rings is 1. The van der Waals surface area contributed by atoms with Gasteiger partial charge in [0.15, 0.2) is 6.61 Å². The molecule has 0 saturated carbocycles. The van der Waals surface area contributed by atoms with Gasteiger partial charge in [0, 0.05) is 23.0 Å². The Morgan fingerprint density at radius 2 is 2.04 bits per heavy atom. The minimum absolute atomic E-state index is 0.335. The first-order chi connectivity index (χ1) is 11.1. The summed E-state index contributed by atoms with van der Waals surface area (Å²) >= 11 is 1.05. The zero-order chi connectivity index (χ0) is 16.7. The van der Waals surface area contributed by atoms with Gasteiger partial charge < -0.3 is 10.1 Å². The molecule has 1 aromatic carbocycles. The quantitative estimate of drug-likeness (QED) is 0.516. The van der Waals surface area contributed by atoms with Crippen molar-refractivity contribution in [3.8, 4) is 5.40 Å². The summed E-state index contributed by atoms with van der Waals surface area (Å²) in [5, 5.41) is 13.3. The normalized spacial score (nSPS) is 9.74. The van der Waals surface area contributed by atoms with Gasteiger partial charge in [-0.2, -0.15) is 5.26 Å². The van der Waals surface area contributed by atoms with Gasteiger partial charge in [-0.3, -0.25) is 9.78 Å². The average Bonchev–Trinajstić information content (AvgIpc) is 2.56. The molecule has 116 valence electrons. The van der Waals surface area contributed by atoms with E-state index in [0.717, 1.165) is 22.2 Å². The third-order valence-electron chi connectivity index (χ3n) is 2.89. The second-order valence-electron chi connectivity index (χ2n) is 4.53. The number of anilines is 1.